The minimum Gasteiger partial charge on any atom is -0.379 e. The SMILES string of the molecule is COC(C1CC1)C(CC1CCCC1)NN. The summed E-state index contributed by atoms with van der Waals surface area (Å²) >= 11 is 0. The van der Waals surface area contributed by atoms with Crippen molar-refractivity contribution < 1.29 is 4.74 Å². The predicted octanol–water partition coefficient (Wildman–Crippen LogP) is 1.82. The summed E-state index contributed by atoms with van der Waals surface area (Å²) in [6.07, 6.45) is 9.77. The minimum absolute atomic E-state index is 0.343. The van der Waals surface area contributed by atoms with Gasteiger partial charge in [-0.2, -0.15) is 0 Å². The second-order valence-electron chi connectivity index (χ2n) is 5.20. The van der Waals surface area contributed by atoms with Gasteiger partial charge < -0.3 is 4.74 Å². The topological polar surface area (TPSA) is 47.3 Å². The van der Waals surface area contributed by atoms with Gasteiger partial charge in [0.2, 0.25) is 0 Å². The second-order valence-corrected chi connectivity index (χ2v) is 5.20. The molecule has 15 heavy (non-hydrogen) atoms. The Labute approximate surface area is 92.7 Å². The number of nitrogens with two attached hydrogens (primary N) is 1. The van der Waals surface area contributed by atoms with Crippen molar-refractivity contribution in [1.29, 1.82) is 0 Å². The van der Waals surface area contributed by atoms with E-state index in [4.69, 9.17) is 10.6 Å². The molecule has 88 valence electrons. The Bertz CT molecular complexity index is 188. The van der Waals surface area contributed by atoms with Crippen molar-refractivity contribution in [3.63, 3.8) is 0 Å². The average Bonchev–Trinajstić information content (AvgIpc) is 2.95. The molecule has 3 nitrogen and oxygen atoms in total. The Kier molecular flexibility index (Phi) is 4.00. The lowest BCUT2D eigenvalue weighted by Crippen LogP contribution is -2.46. The molecule has 0 aromatic heterocycles. The van der Waals surface area contributed by atoms with Crippen molar-refractivity contribution in [2.45, 2.75) is 57.1 Å². The maximum absolute atomic E-state index is 5.66. The van der Waals surface area contributed by atoms with Gasteiger partial charge in [0, 0.05) is 13.2 Å². The van der Waals surface area contributed by atoms with Crippen molar-refractivity contribution in [2.24, 2.45) is 17.7 Å². The lowest BCUT2D eigenvalue weighted by Gasteiger charge is -2.27. The van der Waals surface area contributed by atoms with E-state index in [2.05, 4.69) is 5.43 Å². The van der Waals surface area contributed by atoms with Crippen LogP contribution in [0.2, 0.25) is 0 Å². The van der Waals surface area contributed by atoms with Gasteiger partial charge in [0.15, 0.2) is 0 Å². The lowest BCUT2D eigenvalue weighted by molar-refractivity contribution is 0.0432. The first-order valence-electron chi connectivity index (χ1n) is 6.34. The highest BCUT2D eigenvalue weighted by Gasteiger charge is 2.37. The van der Waals surface area contributed by atoms with Gasteiger partial charge in [0.25, 0.3) is 0 Å². The molecule has 2 unspecified atom stereocenters. The maximum atomic E-state index is 5.66. The highest BCUT2D eigenvalue weighted by Crippen LogP contribution is 2.38. The first kappa shape index (κ1) is 11.4. The van der Waals surface area contributed by atoms with Gasteiger partial charge in [-0.3, -0.25) is 11.3 Å². The smallest absolute Gasteiger partial charge is 0.0765 e. The van der Waals surface area contributed by atoms with Crippen LogP contribution in [-0.4, -0.2) is 19.3 Å². The number of hydrogen-bond acceptors (Lipinski definition) is 3. The standard InChI is InChI=1S/C12H24N2O/c1-15-12(10-6-7-10)11(14-13)8-9-4-2-3-5-9/h9-12,14H,2-8,13H2,1H3. The molecule has 0 bridgehead atoms. The van der Waals surface area contributed by atoms with E-state index in [0.717, 1.165) is 11.8 Å². The van der Waals surface area contributed by atoms with E-state index in [1.807, 2.05) is 7.11 Å². The molecule has 0 amide bonds. The summed E-state index contributed by atoms with van der Waals surface area (Å²) in [6.45, 7) is 0. The number of ether oxygens (including phenoxy) is 1. The summed E-state index contributed by atoms with van der Waals surface area (Å²) in [5, 5.41) is 0. The van der Waals surface area contributed by atoms with Gasteiger partial charge in [-0.15, -0.1) is 0 Å². The van der Waals surface area contributed by atoms with E-state index in [9.17, 15) is 0 Å². The molecule has 2 atom stereocenters. The molecule has 3 heteroatoms. The molecule has 0 aromatic carbocycles. The van der Waals surface area contributed by atoms with Crippen LogP contribution < -0.4 is 11.3 Å². The number of hydrazine groups is 1. The van der Waals surface area contributed by atoms with Crippen LogP contribution in [0.5, 0.6) is 0 Å². The van der Waals surface area contributed by atoms with Gasteiger partial charge in [0.1, 0.15) is 0 Å². The van der Waals surface area contributed by atoms with Crippen molar-refractivity contribution in [1.82, 2.24) is 5.43 Å². The summed E-state index contributed by atoms with van der Waals surface area (Å²) < 4.78 is 5.60. The van der Waals surface area contributed by atoms with E-state index >= 15 is 0 Å². The Balaban J connectivity index is 1.83. The van der Waals surface area contributed by atoms with Crippen LogP contribution in [0.1, 0.15) is 44.9 Å². The first-order valence-corrected chi connectivity index (χ1v) is 6.34. The van der Waals surface area contributed by atoms with Gasteiger partial charge in [-0.25, -0.2) is 0 Å². The van der Waals surface area contributed by atoms with Crippen LogP contribution in [0.25, 0.3) is 0 Å². The molecule has 2 aliphatic rings. The van der Waals surface area contributed by atoms with Crippen molar-refractivity contribution in [2.75, 3.05) is 7.11 Å². The van der Waals surface area contributed by atoms with Gasteiger partial charge >= 0.3 is 0 Å². The van der Waals surface area contributed by atoms with Crippen LogP contribution in [-0.2, 0) is 4.74 Å². The van der Waals surface area contributed by atoms with E-state index in [0.29, 0.717) is 12.1 Å². The first-order chi connectivity index (χ1) is 7.35. The average molecular weight is 212 g/mol. The summed E-state index contributed by atoms with van der Waals surface area (Å²) in [4.78, 5) is 0. The van der Waals surface area contributed by atoms with Gasteiger partial charge in [-0.05, 0) is 31.1 Å². The Morgan fingerprint density at radius 3 is 2.40 bits per heavy atom. The van der Waals surface area contributed by atoms with Crippen LogP contribution >= 0.6 is 0 Å². The largest absolute Gasteiger partial charge is 0.379 e. The highest BCUT2D eigenvalue weighted by atomic mass is 16.5. The maximum Gasteiger partial charge on any atom is 0.0765 e. The molecule has 0 spiro atoms. The highest BCUT2D eigenvalue weighted by molar-refractivity contribution is 4.90. The van der Waals surface area contributed by atoms with Crippen molar-refractivity contribution >= 4 is 0 Å². The predicted molar refractivity (Wildman–Crippen MR) is 61.2 cm³/mol. The summed E-state index contributed by atoms with van der Waals surface area (Å²) in [6, 6.07) is 0.366. The molecule has 2 saturated carbocycles. The number of nitrogens with one attached hydrogen (secondary N) is 1. The fourth-order valence-electron chi connectivity index (χ4n) is 3.01. The van der Waals surface area contributed by atoms with E-state index in [-0.39, 0.29) is 0 Å². The zero-order chi connectivity index (χ0) is 10.7. The number of hydrogen-bond donors (Lipinski definition) is 2. The third-order valence-electron chi connectivity index (χ3n) is 4.03. The van der Waals surface area contributed by atoms with E-state index in [1.165, 1.54) is 44.9 Å². The third-order valence-corrected chi connectivity index (χ3v) is 4.03. The van der Waals surface area contributed by atoms with Crippen LogP contribution in [0.15, 0.2) is 0 Å². The van der Waals surface area contributed by atoms with Gasteiger partial charge in [0.05, 0.1) is 6.10 Å². The summed E-state index contributed by atoms with van der Waals surface area (Å²) in [7, 11) is 1.82. The molecule has 2 rings (SSSR count). The third kappa shape index (κ3) is 2.92. The van der Waals surface area contributed by atoms with E-state index < -0.39 is 0 Å². The minimum atomic E-state index is 0.343. The van der Waals surface area contributed by atoms with Gasteiger partial charge in [-0.1, -0.05) is 25.7 Å². The molecule has 0 heterocycles. The zero-order valence-corrected chi connectivity index (χ0v) is 9.74. The molecule has 0 saturated heterocycles. The summed E-state index contributed by atoms with van der Waals surface area (Å²) in [5.74, 6) is 7.30. The fourth-order valence-corrected chi connectivity index (χ4v) is 3.01. The molecule has 3 N–H and O–H groups in total. The summed E-state index contributed by atoms with van der Waals surface area (Å²) in [5.41, 5.74) is 2.98. The number of methoxy groups -OCH3 is 1. The quantitative estimate of drug-likeness (QED) is 0.521. The Morgan fingerprint density at radius 1 is 1.27 bits per heavy atom. The van der Waals surface area contributed by atoms with E-state index in [1.54, 1.807) is 0 Å². The molecule has 0 radical (unpaired) electrons. The lowest BCUT2D eigenvalue weighted by atomic mass is 9.93. The van der Waals surface area contributed by atoms with Crippen molar-refractivity contribution in [3.8, 4) is 0 Å². The number of rotatable bonds is 6. The molecule has 0 aromatic rings. The fraction of sp³-hybridized carbons (Fsp3) is 1.00. The molecular weight excluding hydrogens is 188 g/mol. The monoisotopic (exact) mass is 212 g/mol. The Hall–Kier alpha value is -0.120. The van der Waals surface area contributed by atoms with Crippen LogP contribution in [0, 0.1) is 11.8 Å². The molecule has 0 aliphatic heterocycles. The molecule has 2 aliphatic carbocycles. The Morgan fingerprint density at radius 2 is 1.93 bits per heavy atom. The molecule has 2 fully saturated rings. The zero-order valence-electron chi connectivity index (χ0n) is 9.74. The molecular formula is C12H24N2O. The van der Waals surface area contributed by atoms with Crippen molar-refractivity contribution in [3.05, 3.63) is 0 Å². The second kappa shape index (κ2) is 5.28. The normalized spacial score (nSPS) is 26.8. The van der Waals surface area contributed by atoms with Crippen LogP contribution in [0.4, 0.5) is 0 Å². The van der Waals surface area contributed by atoms with Crippen LogP contribution in [0.3, 0.4) is 0 Å².